The van der Waals surface area contributed by atoms with Crippen molar-refractivity contribution in [3.8, 4) is 0 Å². The largest absolute Gasteiger partial charge is 0.368 e. The number of rotatable bonds is 3. The van der Waals surface area contributed by atoms with Crippen LogP contribution in [-0.4, -0.2) is 29.3 Å². The molecule has 0 saturated carbocycles. The first-order chi connectivity index (χ1) is 6.95. The lowest BCUT2D eigenvalue weighted by atomic mass is 9.96. The monoisotopic (exact) mass is 212 g/mol. The Balaban J connectivity index is 2.70. The van der Waals surface area contributed by atoms with Crippen molar-refractivity contribution in [2.24, 2.45) is 17.6 Å². The van der Waals surface area contributed by atoms with E-state index < -0.39 is 0 Å². The molecule has 0 aromatic carbocycles. The minimum absolute atomic E-state index is 0.0371. The molecule has 1 aliphatic rings. The van der Waals surface area contributed by atoms with Crippen LogP contribution in [-0.2, 0) is 9.59 Å². The van der Waals surface area contributed by atoms with Gasteiger partial charge in [-0.25, -0.2) is 0 Å². The van der Waals surface area contributed by atoms with Crippen LogP contribution in [0.4, 0.5) is 0 Å². The molecular formula is C11H20N2O2. The fourth-order valence-corrected chi connectivity index (χ4v) is 1.87. The zero-order valence-electron chi connectivity index (χ0n) is 9.69. The summed E-state index contributed by atoms with van der Waals surface area (Å²) in [5.74, 6) is -0.0558. The Morgan fingerprint density at radius 3 is 2.40 bits per heavy atom. The lowest BCUT2D eigenvalue weighted by Crippen LogP contribution is -2.46. The summed E-state index contributed by atoms with van der Waals surface area (Å²) in [6, 6.07) is -0.376. The average Bonchev–Trinajstić information content (AvgIpc) is 2.63. The summed E-state index contributed by atoms with van der Waals surface area (Å²) in [5.41, 5.74) is 5.27. The molecule has 0 radical (unpaired) electrons. The highest BCUT2D eigenvalue weighted by atomic mass is 16.2. The predicted octanol–water partition coefficient (Wildman–Crippen LogP) is 0.755. The number of nitrogens with zero attached hydrogens (tertiary/aromatic N) is 1. The lowest BCUT2D eigenvalue weighted by molar-refractivity contribution is -0.141. The van der Waals surface area contributed by atoms with Gasteiger partial charge >= 0.3 is 0 Å². The van der Waals surface area contributed by atoms with Gasteiger partial charge in [-0.05, 0) is 18.8 Å². The summed E-state index contributed by atoms with van der Waals surface area (Å²) in [5, 5.41) is 0. The first kappa shape index (κ1) is 12.0. The highest BCUT2D eigenvalue weighted by Crippen LogP contribution is 2.22. The molecule has 1 saturated heterocycles. The van der Waals surface area contributed by atoms with E-state index in [1.54, 1.807) is 4.90 Å². The van der Waals surface area contributed by atoms with Gasteiger partial charge in [0.15, 0.2) is 0 Å². The average molecular weight is 212 g/mol. The summed E-state index contributed by atoms with van der Waals surface area (Å²) < 4.78 is 0. The van der Waals surface area contributed by atoms with Gasteiger partial charge in [-0.1, -0.05) is 20.8 Å². The van der Waals surface area contributed by atoms with Gasteiger partial charge in [0.1, 0.15) is 6.04 Å². The van der Waals surface area contributed by atoms with E-state index in [1.165, 1.54) is 0 Å². The van der Waals surface area contributed by atoms with Gasteiger partial charge < -0.3 is 10.6 Å². The predicted molar refractivity (Wildman–Crippen MR) is 57.9 cm³/mol. The van der Waals surface area contributed by atoms with Crippen molar-refractivity contribution < 1.29 is 9.59 Å². The van der Waals surface area contributed by atoms with Gasteiger partial charge in [-0.2, -0.15) is 0 Å². The van der Waals surface area contributed by atoms with Crippen LogP contribution in [0.2, 0.25) is 0 Å². The van der Waals surface area contributed by atoms with Crippen molar-refractivity contribution in [2.75, 3.05) is 6.54 Å². The van der Waals surface area contributed by atoms with Crippen molar-refractivity contribution in [2.45, 2.75) is 39.7 Å². The second kappa shape index (κ2) is 4.64. The summed E-state index contributed by atoms with van der Waals surface area (Å²) in [4.78, 5) is 24.8. The number of nitrogens with two attached hydrogens (primary N) is 1. The molecule has 2 atom stereocenters. The lowest BCUT2D eigenvalue weighted by Gasteiger charge is -2.27. The molecule has 1 fully saturated rings. The van der Waals surface area contributed by atoms with Crippen LogP contribution in [0.25, 0.3) is 0 Å². The Bertz CT molecular complexity index is 263. The second-order valence-corrected chi connectivity index (χ2v) is 4.62. The van der Waals surface area contributed by atoms with E-state index in [1.807, 2.05) is 20.8 Å². The molecule has 86 valence electrons. The molecule has 4 nitrogen and oxygen atoms in total. The number of hydrogen-bond donors (Lipinski definition) is 1. The van der Waals surface area contributed by atoms with Crippen LogP contribution < -0.4 is 5.73 Å². The van der Waals surface area contributed by atoms with Gasteiger partial charge in [0.25, 0.3) is 0 Å². The van der Waals surface area contributed by atoms with Crippen molar-refractivity contribution >= 4 is 11.8 Å². The minimum atomic E-state index is -0.378. The normalized spacial score (nSPS) is 23.2. The van der Waals surface area contributed by atoms with Gasteiger partial charge in [0.05, 0.1) is 0 Å². The van der Waals surface area contributed by atoms with Crippen LogP contribution in [0.3, 0.4) is 0 Å². The third-order valence-electron chi connectivity index (χ3n) is 3.25. The minimum Gasteiger partial charge on any atom is -0.368 e. The van der Waals surface area contributed by atoms with Crippen LogP contribution >= 0.6 is 0 Å². The number of carbonyl (C=O) groups is 2. The summed E-state index contributed by atoms with van der Waals surface area (Å²) in [7, 11) is 0. The molecule has 1 heterocycles. The molecule has 2 amide bonds. The Morgan fingerprint density at radius 2 is 1.93 bits per heavy atom. The van der Waals surface area contributed by atoms with Gasteiger partial charge in [0.2, 0.25) is 11.8 Å². The quantitative estimate of drug-likeness (QED) is 0.750. The van der Waals surface area contributed by atoms with E-state index in [-0.39, 0.29) is 23.8 Å². The molecule has 0 aromatic heterocycles. The number of amides is 2. The van der Waals surface area contributed by atoms with Gasteiger partial charge in [-0.3, -0.25) is 9.59 Å². The fourth-order valence-electron chi connectivity index (χ4n) is 1.87. The van der Waals surface area contributed by atoms with E-state index in [2.05, 4.69) is 0 Å². The van der Waals surface area contributed by atoms with Gasteiger partial charge in [-0.15, -0.1) is 0 Å². The smallest absolute Gasteiger partial charge is 0.240 e. The Hall–Kier alpha value is -1.06. The maximum absolute atomic E-state index is 12.0. The summed E-state index contributed by atoms with van der Waals surface area (Å²) in [6.45, 7) is 6.60. The molecule has 0 unspecified atom stereocenters. The van der Waals surface area contributed by atoms with Crippen molar-refractivity contribution in [1.82, 2.24) is 4.90 Å². The Labute approximate surface area is 90.8 Å². The van der Waals surface area contributed by atoms with Gasteiger partial charge in [0, 0.05) is 12.5 Å². The van der Waals surface area contributed by atoms with E-state index in [0.29, 0.717) is 18.9 Å². The topological polar surface area (TPSA) is 63.4 Å². The van der Waals surface area contributed by atoms with E-state index in [0.717, 1.165) is 6.42 Å². The molecule has 2 N–H and O–H groups in total. The molecule has 0 bridgehead atoms. The molecule has 1 rings (SSSR count). The molecule has 15 heavy (non-hydrogen) atoms. The number of hydrogen-bond acceptors (Lipinski definition) is 2. The van der Waals surface area contributed by atoms with Crippen LogP contribution in [0.5, 0.6) is 0 Å². The first-order valence-corrected chi connectivity index (χ1v) is 5.55. The summed E-state index contributed by atoms with van der Waals surface area (Å²) >= 11 is 0. The third-order valence-corrected chi connectivity index (χ3v) is 3.25. The Kier molecular flexibility index (Phi) is 3.72. The first-order valence-electron chi connectivity index (χ1n) is 5.55. The molecule has 4 heteroatoms. The molecular weight excluding hydrogens is 192 g/mol. The third kappa shape index (κ3) is 2.49. The summed E-state index contributed by atoms with van der Waals surface area (Å²) in [6.07, 6.45) is 1.59. The van der Waals surface area contributed by atoms with E-state index in [4.69, 9.17) is 5.73 Å². The standard InChI is InChI=1S/C11H20N2O2/c1-7(2)8(3)11(15)13-6-4-5-9(13)10(12)14/h7-9H,4-6H2,1-3H3,(H2,12,14)/t8-,9-/m0/s1. The molecule has 0 aromatic rings. The molecule has 0 aliphatic carbocycles. The Morgan fingerprint density at radius 1 is 1.33 bits per heavy atom. The van der Waals surface area contributed by atoms with Crippen molar-refractivity contribution in [3.05, 3.63) is 0 Å². The number of likely N-dealkylation sites (tertiary alicyclic amines) is 1. The maximum atomic E-state index is 12.0. The highest BCUT2D eigenvalue weighted by molar-refractivity contribution is 5.88. The van der Waals surface area contributed by atoms with Crippen molar-refractivity contribution in [1.29, 1.82) is 0 Å². The highest BCUT2D eigenvalue weighted by Gasteiger charge is 2.35. The van der Waals surface area contributed by atoms with Crippen LogP contribution in [0.1, 0.15) is 33.6 Å². The molecule has 0 spiro atoms. The molecule has 1 aliphatic heterocycles. The zero-order chi connectivity index (χ0) is 11.6. The van der Waals surface area contributed by atoms with Crippen molar-refractivity contribution in [3.63, 3.8) is 0 Å². The van der Waals surface area contributed by atoms with E-state index >= 15 is 0 Å². The number of carbonyl (C=O) groups excluding carboxylic acids is 2. The number of primary amides is 1. The van der Waals surface area contributed by atoms with E-state index in [9.17, 15) is 9.59 Å². The fraction of sp³-hybridized carbons (Fsp3) is 0.818. The van der Waals surface area contributed by atoms with Crippen LogP contribution in [0, 0.1) is 11.8 Å². The SMILES string of the molecule is CC(C)[C@H](C)C(=O)N1CCC[C@H]1C(N)=O. The zero-order valence-corrected chi connectivity index (χ0v) is 9.69. The maximum Gasteiger partial charge on any atom is 0.240 e. The second-order valence-electron chi connectivity index (χ2n) is 4.62. The van der Waals surface area contributed by atoms with Crippen LogP contribution in [0.15, 0.2) is 0 Å².